The van der Waals surface area contributed by atoms with Gasteiger partial charge in [-0.3, -0.25) is 14.4 Å². The molecular formula is C21H24FN3O3. The molecule has 2 aromatic rings. The third-order valence-electron chi connectivity index (χ3n) is 5.97. The number of likely N-dealkylation sites (tertiary alicyclic amines) is 2. The molecule has 0 bridgehead atoms. The normalized spacial score (nSPS) is 22.4. The minimum atomic E-state index is -0.820. The molecule has 2 fully saturated rings. The number of hydrogen-bond donors (Lipinski definition) is 1. The number of carbonyl (C=O) groups excluding carboxylic acids is 2. The maximum absolute atomic E-state index is 13.6. The Kier molecular flexibility index (Phi) is 4.69. The number of aromatic amines is 1. The van der Waals surface area contributed by atoms with Gasteiger partial charge in [-0.1, -0.05) is 6.92 Å². The molecule has 6 nitrogen and oxygen atoms in total. The Morgan fingerprint density at radius 2 is 1.93 bits per heavy atom. The van der Waals surface area contributed by atoms with E-state index in [1.165, 1.54) is 24.3 Å². The van der Waals surface area contributed by atoms with E-state index in [-0.39, 0.29) is 22.9 Å². The van der Waals surface area contributed by atoms with E-state index in [2.05, 4.69) is 4.98 Å². The highest BCUT2D eigenvalue weighted by Crippen LogP contribution is 2.39. The molecule has 0 saturated carbocycles. The summed E-state index contributed by atoms with van der Waals surface area (Å²) in [6.45, 7) is 3.94. The van der Waals surface area contributed by atoms with Gasteiger partial charge in [-0.2, -0.15) is 0 Å². The summed E-state index contributed by atoms with van der Waals surface area (Å²) >= 11 is 0. The third-order valence-corrected chi connectivity index (χ3v) is 5.97. The summed E-state index contributed by atoms with van der Waals surface area (Å²) in [6, 6.07) is 5.24. The maximum Gasteiger partial charge on any atom is 0.255 e. The van der Waals surface area contributed by atoms with Crippen molar-refractivity contribution in [2.75, 3.05) is 19.6 Å². The summed E-state index contributed by atoms with van der Waals surface area (Å²) in [7, 11) is 0. The molecule has 0 radical (unpaired) electrons. The Balaban J connectivity index is 1.77. The minimum absolute atomic E-state index is 0.0200. The van der Waals surface area contributed by atoms with Gasteiger partial charge in [0.15, 0.2) is 0 Å². The van der Waals surface area contributed by atoms with Crippen molar-refractivity contribution in [2.45, 2.75) is 44.6 Å². The molecule has 1 N–H and O–H groups in total. The smallest absolute Gasteiger partial charge is 0.255 e. The predicted octanol–water partition coefficient (Wildman–Crippen LogP) is 2.67. The predicted molar refractivity (Wildman–Crippen MR) is 104 cm³/mol. The van der Waals surface area contributed by atoms with Crippen molar-refractivity contribution in [3.8, 4) is 0 Å². The average molecular weight is 385 g/mol. The van der Waals surface area contributed by atoms with Gasteiger partial charge in [-0.05, 0) is 50.3 Å². The minimum Gasteiger partial charge on any atom is -0.341 e. The molecule has 1 atom stereocenters. The van der Waals surface area contributed by atoms with Crippen molar-refractivity contribution in [2.24, 2.45) is 0 Å². The first-order chi connectivity index (χ1) is 13.5. The third kappa shape index (κ3) is 2.89. The molecule has 2 amide bonds. The molecule has 28 heavy (non-hydrogen) atoms. The molecule has 2 aliphatic rings. The van der Waals surface area contributed by atoms with Gasteiger partial charge in [0.1, 0.15) is 11.4 Å². The molecule has 4 rings (SSSR count). The van der Waals surface area contributed by atoms with Crippen LogP contribution in [0.25, 0.3) is 10.9 Å². The van der Waals surface area contributed by atoms with Gasteiger partial charge in [0.25, 0.3) is 5.91 Å². The van der Waals surface area contributed by atoms with E-state index >= 15 is 0 Å². The molecule has 1 spiro atoms. The van der Waals surface area contributed by atoms with Gasteiger partial charge < -0.3 is 14.8 Å². The number of benzene rings is 1. The van der Waals surface area contributed by atoms with Crippen LogP contribution in [-0.2, 0) is 4.79 Å². The molecule has 1 unspecified atom stereocenters. The van der Waals surface area contributed by atoms with Crippen molar-refractivity contribution < 1.29 is 14.0 Å². The van der Waals surface area contributed by atoms with Gasteiger partial charge >= 0.3 is 0 Å². The Labute approximate surface area is 162 Å². The lowest BCUT2D eigenvalue weighted by atomic mass is 9.84. The Morgan fingerprint density at radius 1 is 1.18 bits per heavy atom. The second-order valence-electron chi connectivity index (χ2n) is 7.72. The summed E-state index contributed by atoms with van der Waals surface area (Å²) in [4.78, 5) is 44.9. The van der Waals surface area contributed by atoms with E-state index in [9.17, 15) is 18.8 Å². The van der Waals surface area contributed by atoms with Crippen LogP contribution in [0.3, 0.4) is 0 Å². The van der Waals surface area contributed by atoms with Crippen LogP contribution in [0.1, 0.15) is 49.4 Å². The molecule has 7 heteroatoms. The van der Waals surface area contributed by atoms with Crippen molar-refractivity contribution in [1.29, 1.82) is 0 Å². The van der Waals surface area contributed by atoms with E-state index in [0.29, 0.717) is 31.3 Å². The van der Waals surface area contributed by atoms with E-state index in [4.69, 9.17) is 0 Å². The number of nitrogens with one attached hydrogen (secondary N) is 1. The van der Waals surface area contributed by atoms with Gasteiger partial charge in [0, 0.05) is 31.1 Å². The molecule has 2 saturated heterocycles. The molecular weight excluding hydrogens is 361 g/mol. The lowest BCUT2D eigenvalue weighted by Crippen LogP contribution is -2.61. The van der Waals surface area contributed by atoms with E-state index in [0.717, 1.165) is 25.8 Å². The summed E-state index contributed by atoms with van der Waals surface area (Å²) in [5.74, 6) is -0.790. The average Bonchev–Trinajstić information content (AvgIpc) is 3.08. The fourth-order valence-electron chi connectivity index (χ4n) is 4.76. The number of hydrogen-bond acceptors (Lipinski definition) is 3. The lowest BCUT2D eigenvalue weighted by Gasteiger charge is -2.44. The van der Waals surface area contributed by atoms with Crippen LogP contribution < -0.4 is 5.56 Å². The molecule has 1 aromatic carbocycles. The summed E-state index contributed by atoms with van der Waals surface area (Å²) in [5.41, 5.74) is -0.774. The molecule has 148 valence electrons. The maximum atomic E-state index is 13.6. The molecule has 1 aromatic heterocycles. The number of rotatable bonds is 3. The Hall–Kier alpha value is -2.70. The number of piperidine rings is 1. The standard InChI is InChI=1S/C21H24FN3O3/c1-2-9-24-10-3-7-21(20(24)28)8-4-11-25(21)19(27)16-13-18(26)23-17-12-14(22)5-6-15(16)17/h5-6,12-13H,2-4,7-11H2,1H3,(H,23,26). The second-order valence-corrected chi connectivity index (χ2v) is 7.72. The topological polar surface area (TPSA) is 73.5 Å². The molecule has 2 aliphatic heterocycles. The second kappa shape index (κ2) is 7.04. The highest BCUT2D eigenvalue weighted by molar-refractivity contribution is 6.08. The first-order valence-corrected chi connectivity index (χ1v) is 9.90. The fourth-order valence-corrected chi connectivity index (χ4v) is 4.76. The molecule has 0 aliphatic carbocycles. The van der Waals surface area contributed by atoms with Gasteiger partial charge in [0.05, 0.1) is 11.1 Å². The fraction of sp³-hybridized carbons (Fsp3) is 0.476. The van der Waals surface area contributed by atoms with Crippen LogP contribution in [0, 0.1) is 5.82 Å². The van der Waals surface area contributed by atoms with Crippen molar-refractivity contribution in [3.63, 3.8) is 0 Å². The van der Waals surface area contributed by atoms with Crippen LogP contribution in [0.15, 0.2) is 29.1 Å². The highest BCUT2D eigenvalue weighted by atomic mass is 19.1. The van der Waals surface area contributed by atoms with Gasteiger partial charge in [-0.25, -0.2) is 4.39 Å². The first-order valence-electron chi connectivity index (χ1n) is 9.90. The van der Waals surface area contributed by atoms with E-state index in [1.54, 1.807) is 4.90 Å². The van der Waals surface area contributed by atoms with Crippen LogP contribution in [-0.4, -0.2) is 51.8 Å². The first kappa shape index (κ1) is 18.7. The number of amides is 2. The highest BCUT2D eigenvalue weighted by Gasteiger charge is 2.52. The zero-order valence-electron chi connectivity index (χ0n) is 16.0. The lowest BCUT2D eigenvalue weighted by molar-refractivity contribution is -0.145. The largest absolute Gasteiger partial charge is 0.341 e. The number of fused-ring (bicyclic) bond motifs is 1. The van der Waals surface area contributed by atoms with Crippen LogP contribution in [0.5, 0.6) is 0 Å². The van der Waals surface area contributed by atoms with Crippen LogP contribution in [0.4, 0.5) is 4.39 Å². The number of halogens is 1. The zero-order valence-corrected chi connectivity index (χ0v) is 16.0. The van der Waals surface area contributed by atoms with Crippen molar-refractivity contribution in [3.05, 3.63) is 46.0 Å². The number of carbonyl (C=O) groups is 2. The van der Waals surface area contributed by atoms with Gasteiger partial charge in [0.2, 0.25) is 11.5 Å². The Bertz CT molecular complexity index is 1000. The molecule has 3 heterocycles. The van der Waals surface area contributed by atoms with Crippen molar-refractivity contribution >= 4 is 22.7 Å². The van der Waals surface area contributed by atoms with Crippen molar-refractivity contribution in [1.82, 2.24) is 14.8 Å². The number of H-pyrrole nitrogens is 1. The quantitative estimate of drug-likeness (QED) is 0.883. The SMILES string of the molecule is CCCN1CCCC2(CCCN2C(=O)c2cc(=O)[nH]c3cc(F)ccc23)C1=O. The van der Waals surface area contributed by atoms with E-state index < -0.39 is 16.9 Å². The Morgan fingerprint density at radius 3 is 2.68 bits per heavy atom. The monoisotopic (exact) mass is 385 g/mol. The van der Waals surface area contributed by atoms with E-state index in [1.807, 2.05) is 11.8 Å². The number of aromatic nitrogens is 1. The van der Waals surface area contributed by atoms with Gasteiger partial charge in [-0.15, -0.1) is 0 Å². The summed E-state index contributed by atoms with van der Waals surface area (Å²) in [5, 5.41) is 0.488. The zero-order chi connectivity index (χ0) is 19.9. The summed E-state index contributed by atoms with van der Waals surface area (Å²) < 4.78 is 13.6. The number of pyridine rings is 1. The number of nitrogens with zero attached hydrogens (tertiary/aromatic N) is 2. The van der Waals surface area contributed by atoms with Crippen LogP contribution in [0.2, 0.25) is 0 Å². The summed E-state index contributed by atoms with van der Waals surface area (Å²) in [6.07, 6.45) is 3.78. The van der Waals surface area contributed by atoms with Crippen LogP contribution >= 0.6 is 0 Å².